The zero-order chi connectivity index (χ0) is 15.2. The molecule has 0 radical (unpaired) electrons. The Labute approximate surface area is 123 Å². The minimum atomic E-state index is -1.08. The molecule has 0 saturated heterocycles. The highest BCUT2D eigenvalue weighted by molar-refractivity contribution is 6.00. The van der Waals surface area contributed by atoms with Gasteiger partial charge in [-0.05, 0) is 29.3 Å². The van der Waals surface area contributed by atoms with Crippen LogP contribution in [0, 0.1) is 5.82 Å². The second-order valence-corrected chi connectivity index (χ2v) is 4.75. The van der Waals surface area contributed by atoms with Gasteiger partial charge in [0.15, 0.2) is 5.78 Å². The molecular weight excluding hydrogens is 271 g/mol. The number of aliphatic hydroxyl groups excluding tert-OH is 1. The van der Waals surface area contributed by atoms with Gasteiger partial charge in [-0.3, -0.25) is 4.79 Å². The monoisotopic (exact) mass is 288 g/mol. The van der Waals surface area contributed by atoms with Crippen LogP contribution in [0.5, 0.6) is 0 Å². The van der Waals surface area contributed by atoms with Gasteiger partial charge in [-0.25, -0.2) is 4.39 Å². The first kappa shape index (κ1) is 15.4. The van der Waals surface area contributed by atoms with E-state index in [-0.39, 0.29) is 18.0 Å². The second-order valence-electron chi connectivity index (χ2n) is 4.75. The van der Waals surface area contributed by atoms with Crippen LogP contribution in [0.3, 0.4) is 0 Å². The number of ketones is 1. The summed E-state index contributed by atoms with van der Waals surface area (Å²) in [7, 11) is 1.52. The fourth-order valence-electron chi connectivity index (χ4n) is 2.05. The van der Waals surface area contributed by atoms with Crippen molar-refractivity contribution < 1.29 is 19.0 Å². The molecule has 0 aliphatic heterocycles. The normalized spacial score (nSPS) is 12.1. The first-order valence-corrected chi connectivity index (χ1v) is 6.69. The summed E-state index contributed by atoms with van der Waals surface area (Å²) in [6.45, 7) is 0.324. The predicted octanol–water partition coefficient (Wildman–Crippen LogP) is 3.07. The van der Waals surface area contributed by atoms with Crippen molar-refractivity contribution in [3.05, 3.63) is 59.9 Å². The number of hydrogen-bond donors (Lipinski definition) is 1. The highest BCUT2D eigenvalue weighted by atomic mass is 19.1. The molecule has 4 heteroatoms. The van der Waals surface area contributed by atoms with E-state index < -0.39 is 6.10 Å². The molecule has 21 heavy (non-hydrogen) atoms. The van der Waals surface area contributed by atoms with Gasteiger partial charge >= 0.3 is 0 Å². The maximum Gasteiger partial charge on any atom is 0.191 e. The van der Waals surface area contributed by atoms with Crippen molar-refractivity contribution in [1.29, 1.82) is 0 Å². The minimum Gasteiger partial charge on any atom is -0.385 e. The fourth-order valence-corrected chi connectivity index (χ4v) is 2.05. The molecule has 0 aliphatic rings. The molecule has 0 heterocycles. The van der Waals surface area contributed by atoms with Crippen molar-refractivity contribution in [2.75, 3.05) is 13.7 Å². The number of carbonyl (C=O) groups excluding carboxylic acids is 1. The first-order chi connectivity index (χ1) is 10.1. The number of ether oxygens (including phenoxy) is 1. The number of halogens is 1. The third-order valence-electron chi connectivity index (χ3n) is 3.22. The molecule has 1 N–H and O–H groups in total. The molecule has 110 valence electrons. The lowest BCUT2D eigenvalue weighted by Crippen LogP contribution is -2.22. The molecule has 1 unspecified atom stereocenters. The van der Waals surface area contributed by atoms with Crippen LogP contribution in [-0.4, -0.2) is 30.7 Å². The molecular formula is C17H17FO3. The van der Waals surface area contributed by atoms with Crippen molar-refractivity contribution in [1.82, 2.24) is 0 Å². The molecule has 0 fully saturated rings. The maximum atomic E-state index is 12.9. The average molecular weight is 288 g/mol. The number of rotatable bonds is 6. The summed E-state index contributed by atoms with van der Waals surface area (Å²) in [5.41, 5.74) is 2.05. The zero-order valence-electron chi connectivity index (χ0n) is 11.8. The molecule has 0 bridgehead atoms. The number of Topliss-reactive ketones (excluding diaryl/α,β-unsaturated/α-hetero) is 1. The van der Waals surface area contributed by atoms with Crippen molar-refractivity contribution in [3.63, 3.8) is 0 Å². The molecule has 0 amide bonds. The van der Waals surface area contributed by atoms with Gasteiger partial charge in [0.2, 0.25) is 0 Å². The summed E-state index contributed by atoms with van der Waals surface area (Å²) in [6, 6.07) is 13.0. The predicted molar refractivity (Wildman–Crippen MR) is 78.7 cm³/mol. The number of aliphatic hydroxyl groups is 1. The van der Waals surface area contributed by atoms with Gasteiger partial charge in [-0.1, -0.05) is 30.3 Å². The van der Waals surface area contributed by atoms with E-state index >= 15 is 0 Å². The van der Waals surface area contributed by atoms with Crippen molar-refractivity contribution in [2.24, 2.45) is 0 Å². The number of hydrogen-bond acceptors (Lipinski definition) is 3. The fraction of sp³-hybridized carbons (Fsp3) is 0.235. The molecule has 3 nitrogen and oxygen atoms in total. The van der Waals surface area contributed by atoms with E-state index in [0.717, 1.165) is 11.1 Å². The Bertz CT molecular complexity index is 608. The minimum absolute atomic E-state index is 0.260. The third kappa shape index (κ3) is 3.97. The van der Waals surface area contributed by atoms with E-state index in [4.69, 9.17) is 4.74 Å². The van der Waals surface area contributed by atoms with Crippen LogP contribution in [0.15, 0.2) is 48.5 Å². The largest absolute Gasteiger partial charge is 0.385 e. The van der Waals surface area contributed by atoms with Gasteiger partial charge < -0.3 is 9.84 Å². The van der Waals surface area contributed by atoms with Gasteiger partial charge in [-0.15, -0.1) is 0 Å². The van der Waals surface area contributed by atoms with Crippen LogP contribution < -0.4 is 0 Å². The Hall–Kier alpha value is -2.04. The lowest BCUT2D eigenvalue weighted by molar-refractivity contribution is 0.0652. The van der Waals surface area contributed by atoms with E-state index in [9.17, 15) is 14.3 Å². The van der Waals surface area contributed by atoms with Crippen LogP contribution in [0.1, 0.15) is 16.8 Å². The van der Waals surface area contributed by atoms with E-state index in [0.29, 0.717) is 12.2 Å². The quantitative estimate of drug-likeness (QED) is 0.831. The summed E-state index contributed by atoms with van der Waals surface area (Å²) in [6.07, 6.45) is -0.816. The maximum absolute atomic E-state index is 12.9. The third-order valence-corrected chi connectivity index (χ3v) is 3.22. The standard InChI is InChI=1S/C17H17FO3/c1-21-10-9-16(19)17(20)14-4-2-3-13(11-14)12-5-7-15(18)8-6-12/h2-8,11,16,19H,9-10H2,1H3. The molecule has 2 aromatic rings. The second kappa shape index (κ2) is 7.11. The Morgan fingerprint density at radius 1 is 1.19 bits per heavy atom. The highest BCUT2D eigenvalue weighted by Gasteiger charge is 2.17. The topological polar surface area (TPSA) is 46.5 Å². The van der Waals surface area contributed by atoms with Crippen molar-refractivity contribution in [3.8, 4) is 11.1 Å². The van der Waals surface area contributed by atoms with Crippen LogP contribution in [0.25, 0.3) is 11.1 Å². The van der Waals surface area contributed by atoms with Crippen LogP contribution in [-0.2, 0) is 4.74 Å². The molecule has 1 atom stereocenters. The molecule has 2 aromatic carbocycles. The lowest BCUT2D eigenvalue weighted by atomic mass is 9.98. The Balaban J connectivity index is 2.21. The van der Waals surface area contributed by atoms with Crippen LogP contribution in [0.2, 0.25) is 0 Å². The van der Waals surface area contributed by atoms with Crippen molar-refractivity contribution in [2.45, 2.75) is 12.5 Å². The summed E-state index contributed by atoms with van der Waals surface area (Å²) in [5, 5.41) is 9.82. The van der Waals surface area contributed by atoms with Gasteiger partial charge in [0.1, 0.15) is 11.9 Å². The van der Waals surface area contributed by atoms with Crippen LogP contribution >= 0.6 is 0 Å². The van der Waals surface area contributed by atoms with E-state index in [2.05, 4.69) is 0 Å². The summed E-state index contributed by atoms with van der Waals surface area (Å²) >= 11 is 0. The smallest absolute Gasteiger partial charge is 0.191 e. The van der Waals surface area contributed by atoms with E-state index in [1.807, 2.05) is 6.07 Å². The van der Waals surface area contributed by atoms with Gasteiger partial charge in [0, 0.05) is 25.7 Å². The molecule has 0 spiro atoms. The number of carbonyl (C=O) groups is 1. The Morgan fingerprint density at radius 3 is 2.57 bits per heavy atom. The van der Waals surface area contributed by atoms with Gasteiger partial charge in [0.25, 0.3) is 0 Å². The molecule has 0 aromatic heterocycles. The summed E-state index contributed by atoms with van der Waals surface area (Å²) in [5.74, 6) is -0.642. The van der Waals surface area contributed by atoms with E-state index in [1.54, 1.807) is 30.3 Å². The Kier molecular flexibility index (Phi) is 5.20. The SMILES string of the molecule is COCCC(O)C(=O)c1cccc(-c2ccc(F)cc2)c1. The summed E-state index contributed by atoms with van der Waals surface area (Å²) < 4.78 is 17.8. The first-order valence-electron chi connectivity index (χ1n) is 6.69. The summed E-state index contributed by atoms with van der Waals surface area (Å²) in [4.78, 5) is 12.1. The average Bonchev–Trinajstić information content (AvgIpc) is 2.52. The zero-order valence-corrected chi connectivity index (χ0v) is 11.8. The number of methoxy groups -OCH3 is 1. The number of benzene rings is 2. The molecule has 2 rings (SSSR count). The molecule has 0 saturated carbocycles. The van der Waals surface area contributed by atoms with Crippen LogP contribution in [0.4, 0.5) is 4.39 Å². The Morgan fingerprint density at radius 2 is 1.90 bits per heavy atom. The van der Waals surface area contributed by atoms with Crippen molar-refractivity contribution >= 4 is 5.78 Å². The van der Waals surface area contributed by atoms with Gasteiger partial charge in [-0.2, -0.15) is 0 Å². The molecule has 0 aliphatic carbocycles. The lowest BCUT2D eigenvalue weighted by Gasteiger charge is -2.10. The van der Waals surface area contributed by atoms with E-state index in [1.165, 1.54) is 19.2 Å². The van der Waals surface area contributed by atoms with Gasteiger partial charge in [0.05, 0.1) is 0 Å². The highest BCUT2D eigenvalue weighted by Crippen LogP contribution is 2.21.